The van der Waals surface area contributed by atoms with Gasteiger partial charge in [0, 0.05) is 37.6 Å². The number of pyridine rings is 1. The first-order chi connectivity index (χ1) is 14.0. The van der Waals surface area contributed by atoms with Crippen LogP contribution < -0.4 is 15.5 Å². The van der Waals surface area contributed by atoms with Crippen molar-refractivity contribution in [3.8, 4) is 11.3 Å². The van der Waals surface area contributed by atoms with Crippen molar-refractivity contribution in [3.05, 3.63) is 41.4 Å². The van der Waals surface area contributed by atoms with Crippen molar-refractivity contribution in [2.24, 2.45) is 0 Å². The molecule has 0 unspecified atom stereocenters. The van der Waals surface area contributed by atoms with Crippen molar-refractivity contribution in [3.63, 3.8) is 0 Å². The first kappa shape index (κ1) is 22.3. The molecule has 3 aromatic heterocycles. The van der Waals surface area contributed by atoms with Crippen molar-refractivity contribution in [1.82, 2.24) is 30.5 Å². The average molecular weight is 449 g/mol. The van der Waals surface area contributed by atoms with Crippen LogP contribution in [0.15, 0.2) is 30.6 Å². The van der Waals surface area contributed by atoms with Gasteiger partial charge in [0.2, 0.25) is 5.95 Å². The van der Waals surface area contributed by atoms with Crippen molar-refractivity contribution < 1.29 is 0 Å². The topological polar surface area (TPSA) is 94.7 Å². The SMILES string of the molecule is CC(C)c1[nH]nc(Cl)c1-c1ccnc(Nc2ccc(N3CCN[C@@H](C)C3)cn2)n1.Cl. The van der Waals surface area contributed by atoms with Crippen LogP contribution in [0.5, 0.6) is 0 Å². The van der Waals surface area contributed by atoms with E-state index in [1.54, 1.807) is 6.20 Å². The van der Waals surface area contributed by atoms with E-state index in [-0.39, 0.29) is 18.3 Å². The van der Waals surface area contributed by atoms with Crippen LogP contribution in [0.4, 0.5) is 17.5 Å². The van der Waals surface area contributed by atoms with E-state index in [1.807, 2.05) is 18.3 Å². The van der Waals surface area contributed by atoms with Gasteiger partial charge in [-0.1, -0.05) is 25.4 Å². The normalized spacial score (nSPS) is 16.4. The maximum absolute atomic E-state index is 6.29. The fourth-order valence-electron chi connectivity index (χ4n) is 3.48. The highest BCUT2D eigenvalue weighted by atomic mass is 35.5. The molecular weight excluding hydrogens is 423 g/mol. The van der Waals surface area contributed by atoms with Crippen LogP contribution in [0, 0.1) is 0 Å². The van der Waals surface area contributed by atoms with Crippen molar-refractivity contribution in [2.45, 2.75) is 32.7 Å². The van der Waals surface area contributed by atoms with E-state index in [0.29, 0.717) is 23.0 Å². The van der Waals surface area contributed by atoms with Gasteiger partial charge in [-0.25, -0.2) is 15.0 Å². The van der Waals surface area contributed by atoms with E-state index in [1.165, 1.54) is 0 Å². The van der Waals surface area contributed by atoms with Crippen LogP contribution in [0.3, 0.4) is 0 Å². The molecule has 4 heterocycles. The lowest BCUT2D eigenvalue weighted by Crippen LogP contribution is -2.49. The molecule has 8 nitrogen and oxygen atoms in total. The second kappa shape index (κ2) is 9.59. The van der Waals surface area contributed by atoms with Gasteiger partial charge in [0.1, 0.15) is 5.82 Å². The van der Waals surface area contributed by atoms with Crippen LogP contribution in [0.1, 0.15) is 32.4 Å². The number of aromatic nitrogens is 5. The van der Waals surface area contributed by atoms with Crippen LogP contribution >= 0.6 is 24.0 Å². The Hall–Kier alpha value is -2.42. The fourth-order valence-corrected chi connectivity index (χ4v) is 3.72. The Morgan fingerprint density at radius 2 is 2.07 bits per heavy atom. The van der Waals surface area contributed by atoms with Gasteiger partial charge in [-0.05, 0) is 31.0 Å². The summed E-state index contributed by atoms with van der Waals surface area (Å²) in [5.74, 6) is 1.40. The Labute approximate surface area is 187 Å². The second-order valence-electron chi connectivity index (χ2n) is 7.55. The third kappa shape index (κ3) is 4.83. The maximum atomic E-state index is 6.29. The standard InChI is InChI=1S/C20H25ClN8.ClH/c1-12(2)18-17(19(21)28-27-18)15-6-7-23-20(25-15)26-16-5-4-14(10-24-16)29-9-8-22-13(3)11-29;/h4-7,10,12-13,22H,8-9,11H2,1-3H3,(H,27,28)(H,23,24,25,26);1H/t13-;/m0./s1. The minimum absolute atomic E-state index is 0. The summed E-state index contributed by atoms with van der Waals surface area (Å²) in [6.07, 6.45) is 3.59. The lowest BCUT2D eigenvalue weighted by Gasteiger charge is -2.33. The molecule has 0 radical (unpaired) electrons. The average Bonchev–Trinajstić information content (AvgIpc) is 3.11. The van der Waals surface area contributed by atoms with Gasteiger partial charge in [-0.3, -0.25) is 5.10 Å². The molecule has 1 aliphatic heterocycles. The van der Waals surface area contributed by atoms with E-state index in [9.17, 15) is 0 Å². The molecule has 4 rings (SSSR count). The molecule has 10 heteroatoms. The van der Waals surface area contributed by atoms with Crippen LogP contribution in [-0.2, 0) is 0 Å². The number of hydrogen-bond acceptors (Lipinski definition) is 7. The summed E-state index contributed by atoms with van der Waals surface area (Å²) in [6, 6.07) is 6.32. The van der Waals surface area contributed by atoms with Crippen LogP contribution in [0.2, 0.25) is 5.15 Å². The van der Waals surface area contributed by atoms with Gasteiger partial charge >= 0.3 is 0 Å². The molecule has 1 atom stereocenters. The van der Waals surface area contributed by atoms with Crippen LogP contribution in [0.25, 0.3) is 11.3 Å². The highest BCUT2D eigenvalue weighted by Gasteiger charge is 2.18. The quantitative estimate of drug-likeness (QED) is 0.542. The molecule has 0 aliphatic carbocycles. The molecule has 0 amide bonds. The lowest BCUT2D eigenvalue weighted by atomic mass is 10.0. The predicted molar refractivity (Wildman–Crippen MR) is 123 cm³/mol. The Balaban J connectivity index is 0.00000256. The van der Waals surface area contributed by atoms with Crippen molar-refractivity contribution in [2.75, 3.05) is 29.9 Å². The zero-order valence-corrected chi connectivity index (χ0v) is 18.8. The first-order valence-electron chi connectivity index (χ1n) is 9.80. The number of piperazine rings is 1. The summed E-state index contributed by atoms with van der Waals surface area (Å²) in [5.41, 5.74) is 3.59. The summed E-state index contributed by atoms with van der Waals surface area (Å²) >= 11 is 6.29. The maximum Gasteiger partial charge on any atom is 0.228 e. The molecule has 30 heavy (non-hydrogen) atoms. The Bertz CT molecular complexity index is 973. The highest BCUT2D eigenvalue weighted by molar-refractivity contribution is 6.32. The number of H-pyrrole nitrogens is 1. The monoisotopic (exact) mass is 448 g/mol. The Morgan fingerprint density at radius 1 is 1.23 bits per heavy atom. The van der Waals surface area contributed by atoms with Crippen molar-refractivity contribution >= 4 is 41.5 Å². The second-order valence-corrected chi connectivity index (χ2v) is 7.91. The molecule has 1 aliphatic rings. The highest BCUT2D eigenvalue weighted by Crippen LogP contribution is 2.32. The van der Waals surface area contributed by atoms with Crippen molar-refractivity contribution in [1.29, 1.82) is 0 Å². The zero-order valence-electron chi connectivity index (χ0n) is 17.2. The molecule has 0 bridgehead atoms. The summed E-state index contributed by atoms with van der Waals surface area (Å²) < 4.78 is 0. The molecule has 0 aromatic carbocycles. The zero-order chi connectivity index (χ0) is 20.4. The number of rotatable bonds is 5. The Kier molecular flexibility index (Phi) is 7.12. The smallest absolute Gasteiger partial charge is 0.228 e. The van der Waals surface area contributed by atoms with Gasteiger partial charge in [-0.15, -0.1) is 12.4 Å². The summed E-state index contributed by atoms with van der Waals surface area (Å²) in [7, 11) is 0. The molecular formula is C20H26Cl2N8. The molecule has 0 saturated carbocycles. The number of nitrogens with zero attached hydrogens (tertiary/aromatic N) is 5. The van der Waals surface area contributed by atoms with Gasteiger partial charge < -0.3 is 15.5 Å². The van der Waals surface area contributed by atoms with Crippen LogP contribution in [-0.4, -0.2) is 50.8 Å². The minimum Gasteiger partial charge on any atom is -0.367 e. The molecule has 0 spiro atoms. The summed E-state index contributed by atoms with van der Waals surface area (Å²) in [5, 5.41) is 14.2. The molecule has 160 valence electrons. The molecule has 1 saturated heterocycles. The number of hydrogen-bond donors (Lipinski definition) is 3. The third-order valence-electron chi connectivity index (χ3n) is 4.96. The van der Waals surface area contributed by atoms with E-state index < -0.39 is 0 Å². The van der Waals surface area contributed by atoms with Gasteiger partial charge in [-0.2, -0.15) is 5.10 Å². The fraction of sp³-hybridized carbons (Fsp3) is 0.400. The van der Waals surface area contributed by atoms with Gasteiger partial charge in [0.15, 0.2) is 5.15 Å². The number of nitrogens with one attached hydrogen (secondary N) is 3. The largest absolute Gasteiger partial charge is 0.367 e. The predicted octanol–water partition coefficient (Wildman–Crippen LogP) is 4.00. The van der Waals surface area contributed by atoms with E-state index in [2.05, 4.69) is 67.5 Å². The minimum atomic E-state index is 0. The Morgan fingerprint density at radius 3 is 2.77 bits per heavy atom. The van der Waals surface area contributed by atoms with Gasteiger partial charge in [0.05, 0.1) is 23.1 Å². The summed E-state index contributed by atoms with van der Waals surface area (Å²) in [4.78, 5) is 15.8. The summed E-state index contributed by atoms with van der Waals surface area (Å²) in [6.45, 7) is 9.29. The van der Waals surface area contributed by atoms with Gasteiger partial charge in [0.25, 0.3) is 0 Å². The number of aromatic amines is 1. The third-order valence-corrected chi connectivity index (χ3v) is 5.23. The number of anilines is 3. The lowest BCUT2D eigenvalue weighted by molar-refractivity contribution is 0.484. The van der Waals surface area contributed by atoms with E-state index in [0.717, 1.165) is 42.3 Å². The molecule has 3 N–H and O–H groups in total. The first-order valence-corrected chi connectivity index (χ1v) is 10.2. The van der Waals surface area contributed by atoms with E-state index in [4.69, 9.17) is 11.6 Å². The molecule has 1 fully saturated rings. The number of halogens is 2. The molecule has 3 aromatic rings. The van der Waals surface area contributed by atoms with E-state index >= 15 is 0 Å².